The number of nitrogens with one attached hydrogen (secondary N) is 2. The van der Waals surface area contributed by atoms with E-state index < -0.39 is 0 Å². The molecule has 0 unspecified atom stereocenters. The zero-order valence-electron chi connectivity index (χ0n) is 21.5. The van der Waals surface area contributed by atoms with Crippen LogP contribution in [-0.4, -0.2) is 61.0 Å². The molecule has 0 saturated heterocycles. The molecule has 2 aromatic carbocycles. The second-order valence-electron chi connectivity index (χ2n) is 9.24. The summed E-state index contributed by atoms with van der Waals surface area (Å²) in [5.74, 6) is 1.69. The number of nitrogens with zero attached hydrogens (tertiary/aromatic N) is 3. The molecular formula is C27H39ClN6O2. The monoisotopic (exact) mass is 514 g/mol. The van der Waals surface area contributed by atoms with E-state index in [2.05, 4.69) is 82.8 Å². The predicted molar refractivity (Wildman–Crippen MR) is 149 cm³/mol. The van der Waals surface area contributed by atoms with Crippen LogP contribution in [0.5, 0.6) is 0 Å². The molecule has 0 aliphatic heterocycles. The van der Waals surface area contributed by atoms with E-state index in [0.29, 0.717) is 57.2 Å². The Balaban J connectivity index is 0.00000456. The van der Waals surface area contributed by atoms with Gasteiger partial charge < -0.3 is 25.8 Å². The Morgan fingerprint density at radius 2 is 1.36 bits per heavy atom. The Bertz CT molecular complexity index is 1010. The lowest BCUT2D eigenvalue weighted by Crippen LogP contribution is -2.17. The summed E-state index contributed by atoms with van der Waals surface area (Å²) in [6.45, 7) is 10.6. The van der Waals surface area contributed by atoms with Gasteiger partial charge in [-0.05, 0) is 23.0 Å². The topological polar surface area (TPSA) is 107 Å². The highest BCUT2D eigenvalue weighted by atomic mass is 35.5. The molecule has 196 valence electrons. The number of halogens is 1. The van der Waals surface area contributed by atoms with Crippen molar-refractivity contribution in [3.05, 3.63) is 65.7 Å². The van der Waals surface area contributed by atoms with E-state index in [1.54, 1.807) is 0 Å². The zero-order valence-corrected chi connectivity index (χ0v) is 22.3. The molecule has 0 fully saturated rings. The molecular weight excluding hydrogens is 476 g/mol. The molecule has 3 rings (SSSR count). The Labute approximate surface area is 220 Å². The number of nitrogens with two attached hydrogens (primary N) is 1. The fourth-order valence-electron chi connectivity index (χ4n) is 3.39. The Hall–Kier alpha value is -2.78. The molecule has 4 N–H and O–H groups in total. The van der Waals surface area contributed by atoms with Crippen LogP contribution >= 0.6 is 12.4 Å². The molecule has 0 saturated carbocycles. The highest BCUT2D eigenvalue weighted by molar-refractivity contribution is 5.85. The summed E-state index contributed by atoms with van der Waals surface area (Å²) >= 11 is 0. The predicted octanol–water partition coefficient (Wildman–Crippen LogP) is 4.32. The van der Waals surface area contributed by atoms with Crippen LogP contribution in [0.4, 0.5) is 11.9 Å². The van der Waals surface area contributed by atoms with Gasteiger partial charge in [0.05, 0.1) is 26.4 Å². The van der Waals surface area contributed by atoms with Crippen molar-refractivity contribution >= 4 is 24.3 Å². The largest absolute Gasteiger partial charge is 0.378 e. The van der Waals surface area contributed by atoms with E-state index in [0.717, 1.165) is 18.5 Å². The van der Waals surface area contributed by atoms with Crippen molar-refractivity contribution in [1.82, 2.24) is 15.0 Å². The number of anilines is 2. The summed E-state index contributed by atoms with van der Waals surface area (Å²) in [5.41, 5.74) is 8.97. The van der Waals surface area contributed by atoms with Gasteiger partial charge in [0.2, 0.25) is 11.9 Å². The van der Waals surface area contributed by atoms with Gasteiger partial charge in [-0.25, -0.2) is 0 Å². The Morgan fingerprint density at radius 1 is 0.750 bits per heavy atom. The maximum absolute atomic E-state index is 5.59. The maximum Gasteiger partial charge on any atom is 0.228 e. The first-order chi connectivity index (χ1) is 17.0. The number of hydrogen-bond donors (Lipinski definition) is 3. The minimum Gasteiger partial charge on any atom is -0.378 e. The lowest BCUT2D eigenvalue weighted by Gasteiger charge is -2.19. The van der Waals surface area contributed by atoms with Crippen molar-refractivity contribution in [2.45, 2.75) is 32.6 Å². The summed E-state index contributed by atoms with van der Waals surface area (Å²) in [4.78, 5) is 13.9. The zero-order chi connectivity index (χ0) is 24.9. The van der Waals surface area contributed by atoms with Crippen molar-refractivity contribution in [3.8, 4) is 11.4 Å². The second kappa shape index (κ2) is 15.4. The van der Waals surface area contributed by atoms with Crippen molar-refractivity contribution in [3.63, 3.8) is 0 Å². The van der Waals surface area contributed by atoms with E-state index >= 15 is 0 Å². The molecule has 0 aliphatic carbocycles. The second-order valence-corrected chi connectivity index (χ2v) is 9.24. The van der Waals surface area contributed by atoms with Gasteiger partial charge in [-0.2, -0.15) is 15.0 Å². The maximum atomic E-state index is 5.59. The first-order valence-electron chi connectivity index (χ1n) is 12.2. The molecule has 0 aliphatic rings. The summed E-state index contributed by atoms with van der Waals surface area (Å²) in [6.07, 6.45) is 0.880. The van der Waals surface area contributed by atoms with Gasteiger partial charge in [-0.15, -0.1) is 12.4 Å². The molecule has 0 radical (unpaired) electrons. The van der Waals surface area contributed by atoms with Crippen molar-refractivity contribution in [1.29, 1.82) is 0 Å². The summed E-state index contributed by atoms with van der Waals surface area (Å²) in [5, 5.41) is 6.60. The average Bonchev–Trinajstić information content (AvgIpc) is 2.86. The van der Waals surface area contributed by atoms with E-state index in [1.165, 1.54) is 11.1 Å². The smallest absolute Gasteiger partial charge is 0.228 e. The molecule has 9 heteroatoms. The van der Waals surface area contributed by atoms with Crippen molar-refractivity contribution in [2.75, 3.05) is 56.7 Å². The molecule has 3 aromatic rings. The summed E-state index contributed by atoms with van der Waals surface area (Å²) < 4.78 is 10.9. The number of ether oxygens (including phenoxy) is 2. The summed E-state index contributed by atoms with van der Waals surface area (Å²) in [7, 11) is 0. The quantitative estimate of drug-likeness (QED) is 0.273. The molecule has 0 bridgehead atoms. The Morgan fingerprint density at radius 3 is 1.97 bits per heavy atom. The summed E-state index contributed by atoms with van der Waals surface area (Å²) in [6, 6.07) is 18.8. The molecule has 0 atom stereocenters. The molecule has 8 nitrogen and oxygen atoms in total. The van der Waals surface area contributed by atoms with E-state index in [4.69, 9.17) is 15.2 Å². The van der Waals surface area contributed by atoms with Crippen LogP contribution in [0.3, 0.4) is 0 Å². The van der Waals surface area contributed by atoms with Gasteiger partial charge in [0.25, 0.3) is 0 Å². The third-order valence-corrected chi connectivity index (χ3v) is 5.35. The average molecular weight is 515 g/mol. The van der Waals surface area contributed by atoms with Gasteiger partial charge in [-0.3, -0.25) is 0 Å². The normalized spacial score (nSPS) is 11.1. The molecule has 36 heavy (non-hydrogen) atoms. The van der Waals surface area contributed by atoms with Gasteiger partial charge in [-0.1, -0.05) is 75.4 Å². The van der Waals surface area contributed by atoms with E-state index in [-0.39, 0.29) is 17.8 Å². The molecule has 1 aromatic heterocycles. The van der Waals surface area contributed by atoms with Gasteiger partial charge in [0.15, 0.2) is 5.82 Å². The fraction of sp³-hybridized carbons (Fsp3) is 0.444. The number of aromatic nitrogens is 3. The molecule has 1 heterocycles. The van der Waals surface area contributed by atoms with Crippen LogP contribution in [-0.2, 0) is 21.3 Å². The van der Waals surface area contributed by atoms with Gasteiger partial charge in [0.1, 0.15) is 0 Å². The first kappa shape index (κ1) is 29.5. The fourth-order valence-corrected chi connectivity index (χ4v) is 3.39. The lowest BCUT2D eigenvalue weighted by atomic mass is 9.87. The number of hydrogen-bond acceptors (Lipinski definition) is 8. The van der Waals surface area contributed by atoms with Crippen molar-refractivity contribution in [2.24, 2.45) is 5.73 Å². The van der Waals surface area contributed by atoms with Crippen molar-refractivity contribution < 1.29 is 9.47 Å². The minimum atomic E-state index is 0. The van der Waals surface area contributed by atoms with Crippen LogP contribution in [0.15, 0.2) is 54.6 Å². The highest BCUT2D eigenvalue weighted by Gasteiger charge is 2.14. The van der Waals surface area contributed by atoms with E-state index in [1.807, 2.05) is 18.2 Å². The molecule has 0 amide bonds. The van der Waals surface area contributed by atoms with E-state index in [9.17, 15) is 0 Å². The third-order valence-electron chi connectivity index (χ3n) is 5.35. The lowest BCUT2D eigenvalue weighted by molar-refractivity contribution is 0.0547. The van der Waals surface area contributed by atoms with Gasteiger partial charge in [0, 0.05) is 25.2 Å². The SMILES string of the molecule is CC(C)(C)c1ccc(-c2nc(NCCOCCOCCN)nc(NCCc3ccccc3)n2)cc1.Cl. The highest BCUT2D eigenvalue weighted by Crippen LogP contribution is 2.25. The van der Waals surface area contributed by atoms with Gasteiger partial charge >= 0.3 is 0 Å². The van der Waals surface area contributed by atoms with Crippen LogP contribution in [0.25, 0.3) is 11.4 Å². The number of rotatable bonds is 14. The van der Waals surface area contributed by atoms with Crippen LogP contribution < -0.4 is 16.4 Å². The third kappa shape index (κ3) is 10.1. The first-order valence-corrected chi connectivity index (χ1v) is 12.2. The van der Waals surface area contributed by atoms with Crippen LogP contribution in [0.2, 0.25) is 0 Å². The number of benzene rings is 2. The molecule has 0 spiro atoms. The standard InChI is InChI=1S/C27H38N6O2.ClH/c1-27(2,3)23-11-9-22(10-12-23)24-31-25(29-15-13-21-7-5-4-6-8-21)33-26(32-24)30-16-18-35-20-19-34-17-14-28;/h4-12H,13-20,28H2,1-3H3,(H2,29,30,31,32,33);1H. The Kier molecular flexibility index (Phi) is 12.6. The van der Waals surface area contributed by atoms with Crippen LogP contribution in [0.1, 0.15) is 31.9 Å². The minimum absolute atomic E-state index is 0. The van der Waals surface area contributed by atoms with Crippen LogP contribution in [0, 0.1) is 0 Å².